The van der Waals surface area contributed by atoms with Crippen molar-refractivity contribution in [3.63, 3.8) is 0 Å². The van der Waals surface area contributed by atoms with Gasteiger partial charge in [0.1, 0.15) is 0 Å². The van der Waals surface area contributed by atoms with Crippen LogP contribution >= 0.6 is 0 Å². The van der Waals surface area contributed by atoms with Gasteiger partial charge in [-0.2, -0.15) is 0 Å². The summed E-state index contributed by atoms with van der Waals surface area (Å²) in [6.45, 7) is 2.92. The highest BCUT2D eigenvalue weighted by Gasteiger charge is 2.23. The van der Waals surface area contributed by atoms with Crippen molar-refractivity contribution in [2.24, 2.45) is 0 Å². The number of rotatable bonds is 4. The minimum absolute atomic E-state index is 0.160. The SMILES string of the molecule is Cc1cccc(CS(=O)(=O)CC2CCN2)c1. The van der Waals surface area contributed by atoms with Crippen LogP contribution in [0.5, 0.6) is 0 Å². The molecule has 1 heterocycles. The lowest BCUT2D eigenvalue weighted by Crippen LogP contribution is -2.47. The van der Waals surface area contributed by atoms with Crippen molar-refractivity contribution in [3.05, 3.63) is 35.4 Å². The van der Waals surface area contributed by atoms with Gasteiger partial charge in [-0.3, -0.25) is 0 Å². The van der Waals surface area contributed by atoms with Gasteiger partial charge in [0.05, 0.1) is 11.5 Å². The molecule has 1 N–H and O–H groups in total. The third-order valence-electron chi connectivity index (χ3n) is 2.85. The monoisotopic (exact) mass is 239 g/mol. The number of hydrogen-bond donors (Lipinski definition) is 1. The molecule has 1 aromatic rings. The molecule has 0 aromatic heterocycles. The lowest BCUT2D eigenvalue weighted by Gasteiger charge is -2.27. The minimum atomic E-state index is -2.97. The van der Waals surface area contributed by atoms with Crippen molar-refractivity contribution in [1.82, 2.24) is 5.32 Å². The summed E-state index contributed by atoms with van der Waals surface area (Å²) in [4.78, 5) is 0. The number of benzene rings is 1. The molecule has 0 bridgehead atoms. The Labute approximate surface area is 96.8 Å². The van der Waals surface area contributed by atoms with E-state index in [1.165, 1.54) is 0 Å². The Morgan fingerprint density at radius 3 is 2.75 bits per heavy atom. The van der Waals surface area contributed by atoms with Gasteiger partial charge in [-0.15, -0.1) is 0 Å². The van der Waals surface area contributed by atoms with Gasteiger partial charge in [-0.05, 0) is 25.5 Å². The molecule has 1 saturated heterocycles. The summed E-state index contributed by atoms with van der Waals surface area (Å²) in [5, 5.41) is 3.12. The second kappa shape index (κ2) is 4.55. The molecule has 1 aliphatic rings. The average molecular weight is 239 g/mol. The van der Waals surface area contributed by atoms with Crippen LogP contribution in [0.2, 0.25) is 0 Å². The number of sulfone groups is 1. The summed E-state index contributed by atoms with van der Waals surface area (Å²) in [6.07, 6.45) is 0.979. The van der Waals surface area contributed by atoms with Crippen molar-refractivity contribution in [2.45, 2.75) is 25.1 Å². The van der Waals surface area contributed by atoms with E-state index in [-0.39, 0.29) is 17.5 Å². The van der Waals surface area contributed by atoms with Gasteiger partial charge in [0.2, 0.25) is 0 Å². The largest absolute Gasteiger partial charge is 0.313 e. The Balaban J connectivity index is 2.02. The Morgan fingerprint density at radius 2 is 2.19 bits per heavy atom. The van der Waals surface area contributed by atoms with E-state index >= 15 is 0 Å². The van der Waals surface area contributed by atoms with Gasteiger partial charge in [0.25, 0.3) is 0 Å². The summed E-state index contributed by atoms with van der Waals surface area (Å²) in [5.41, 5.74) is 1.99. The molecule has 0 spiro atoms. The molecule has 1 atom stereocenters. The topological polar surface area (TPSA) is 46.2 Å². The maximum atomic E-state index is 11.9. The quantitative estimate of drug-likeness (QED) is 0.860. The van der Waals surface area contributed by atoms with Gasteiger partial charge in [-0.1, -0.05) is 29.8 Å². The van der Waals surface area contributed by atoms with Gasteiger partial charge in [0, 0.05) is 6.04 Å². The molecular weight excluding hydrogens is 222 g/mol. The molecular formula is C12H17NO2S. The van der Waals surface area contributed by atoms with E-state index in [1.807, 2.05) is 31.2 Å². The fourth-order valence-corrected chi connectivity index (χ4v) is 3.61. The second-order valence-electron chi connectivity index (χ2n) is 4.48. The van der Waals surface area contributed by atoms with E-state index in [1.54, 1.807) is 0 Å². The first-order chi connectivity index (χ1) is 7.55. The average Bonchev–Trinajstić information content (AvgIpc) is 2.11. The smallest absolute Gasteiger partial charge is 0.155 e. The van der Waals surface area contributed by atoms with E-state index in [0.717, 1.165) is 24.1 Å². The summed E-state index contributed by atoms with van der Waals surface area (Å²) < 4.78 is 23.7. The fraction of sp³-hybridized carbons (Fsp3) is 0.500. The van der Waals surface area contributed by atoms with Crippen molar-refractivity contribution < 1.29 is 8.42 Å². The molecule has 1 aromatic carbocycles. The first-order valence-corrected chi connectivity index (χ1v) is 7.37. The van der Waals surface area contributed by atoms with Crippen LogP contribution in [0.3, 0.4) is 0 Å². The second-order valence-corrected chi connectivity index (χ2v) is 6.59. The van der Waals surface area contributed by atoms with Crippen molar-refractivity contribution in [1.29, 1.82) is 0 Å². The van der Waals surface area contributed by atoms with E-state index in [0.29, 0.717) is 0 Å². The van der Waals surface area contributed by atoms with Crippen LogP contribution in [0, 0.1) is 6.92 Å². The summed E-state index contributed by atoms with van der Waals surface area (Å²) in [7, 11) is -2.97. The van der Waals surface area contributed by atoms with Gasteiger partial charge >= 0.3 is 0 Å². The molecule has 88 valence electrons. The van der Waals surface area contributed by atoms with Crippen LogP contribution in [0.25, 0.3) is 0 Å². The van der Waals surface area contributed by atoms with Gasteiger partial charge < -0.3 is 5.32 Å². The highest BCUT2D eigenvalue weighted by atomic mass is 32.2. The molecule has 0 radical (unpaired) electrons. The molecule has 0 saturated carbocycles. The Bertz CT molecular complexity index is 464. The van der Waals surface area contributed by atoms with Crippen LogP contribution in [-0.4, -0.2) is 26.8 Å². The van der Waals surface area contributed by atoms with Crippen LogP contribution in [0.15, 0.2) is 24.3 Å². The van der Waals surface area contributed by atoms with Crippen LogP contribution in [0.4, 0.5) is 0 Å². The maximum absolute atomic E-state index is 11.9. The molecule has 3 nitrogen and oxygen atoms in total. The molecule has 1 unspecified atom stereocenters. The van der Waals surface area contributed by atoms with Crippen LogP contribution < -0.4 is 5.32 Å². The summed E-state index contributed by atoms with van der Waals surface area (Å²) in [6, 6.07) is 7.87. The molecule has 2 rings (SSSR count). The van der Waals surface area contributed by atoms with E-state index < -0.39 is 9.84 Å². The third kappa shape index (κ3) is 3.06. The molecule has 1 aliphatic heterocycles. The van der Waals surface area contributed by atoms with Gasteiger partial charge in [-0.25, -0.2) is 8.42 Å². The predicted molar refractivity (Wildman–Crippen MR) is 65.1 cm³/mol. The fourth-order valence-electron chi connectivity index (χ4n) is 1.91. The molecule has 1 fully saturated rings. The highest BCUT2D eigenvalue weighted by molar-refractivity contribution is 7.90. The standard InChI is InChI=1S/C12H17NO2S/c1-10-3-2-4-11(7-10)8-16(14,15)9-12-5-6-13-12/h2-4,7,12-13H,5-6,8-9H2,1H3. The first-order valence-electron chi connectivity index (χ1n) is 5.54. The van der Waals surface area contributed by atoms with Crippen LogP contribution in [-0.2, 0) is 15.6 Å². The molecule has 16 heavy (non-hydrogen) atoms. The number of nitrogens with one attached hydrogen (secondary N) is 1. The van der Waals surface area contributed by atoms with E-state index in [4.69, 9.17) is 0 Å². The normalized spacial score (nSPS) is 20.4. The van der Waals surface area contributed by atoms with Crippen molar-refractivity contribution >= 4 is 9.84 Å². The van der Waals surface area contributed by atoms with Crippen molar-refractivity contribution in [2.75, 3.05) is 12.3 Å². The lowest BCUT2D eigenvalue weighted by molar-refractivity contribution is 0.398. The zero-order chi connectivity index (χ0) is 11.6. The Kier molecular flexibility index (Phi) is 3.30. The van der Waals surface area contributed by atoms with E-state index in [9.17, 15) is 8.42 Å². The molecule has 4 heteroatoms. The zero-order valence-corrected chi connectivity index (χ0v) is 10.3. The van der Waals surface area contributed by atoms with E-state index in [2.05, 4.69) is 5.32 Å². The first kappa shape index (κ1) is 11.6. The predicted octanol–water partition coefficient (Wildman–Crippen LogP) is 1.27. The number of aryl methyl sites for hydroxylation is 1. The third-order valence-corrected chi connectivity index (χ3v) is 4.53. The molecule has 0 amide bonds. The number of hydrogen-bond acceptors (Lipinski definition) is 3. The Hall–Kier alpha value is -0.870. The maximum Gasteiger partial charge on any atom is 0.155 e. The highest BCUT2D eigenvalue weighted by Crippen LogP contribution is 2.12. The molecule has 0 aliphatic carbocycles. The minimum Gasteiger partial charge on any atom is -0.313 e. The zero-order valence-electron chi connectivity index (χ0n) is 9.44. The van der Waals surface area contributed by atoms with Crippen molar-refractivity contribution in [3.8, 4) is 0 Å². The Morgan fingerprint density at radius 1 is 1.44 bits per heavy atom. The summed E-state index contributed by atoms with van der Waals surface area (Å²) >= 11 is 0. The summed E-state index contributed by atoms with van der Waals surface area (Å²) in [5.74, 6) is 0.424. The lowest BCUT2D eigenvalue weighted by atomic mass is 10.1. The van der Waals surface area contributed by atoms with Crippen LogP contribution in [0.1, 0.15) is 17.5 Å². The van der Waals surface area contributed by atoms with Gasteiger partial charge in [0.15, 0.2) is 9.84 Å².